The van der Waals surface area contributed by atoms with E-state index in [0.717, 1.165) is 36.4 Å². The van der Waals surface area contributed by atoms with Crippen molar-refractivity contribution in [1.82, 2.24) is 30.7 Å². The highest BCUT2D eigenvalue weighted by Crippen LogP contribution is 2.42. The van der Waals surface area contributed by atoms with Gasteiger partial charge in [-0.05, 0) is 25.7 Å². The monoisotopic (exact) mass is 658 g/mol. The number of ether oxygens (including phenoxy) is 2. The molecule has 4 saturated heterocycles. The molecular weight excluding hydrogens is 621 g/mol. The van der Waals surface area contributed by atoms with Gasteiger partial charge in [0.05, 0.1) is 36.2 Å². The Morgan fingerprint density at radius 1 is 0.643 bits per heavy atom. The highest BCUT2D eigenvalue weighted by atomic mass is 32.2. The van der Waals surface area contributed by atoms with E-state index in [1.165, 1.54) is 9.80 Å². The molecule has 12 nitrogen and oxygen atoms in total. The van der Waals surface area contributed by atoms with E-state index in [1.54, 1.807) is 0 Å². The Balaban J connectivity index is 1.14. The molecule has 4 aliphatic rings. The van der Waals surface area contributed by atoms with Crippen molar-refractivity contribution in [3.8, 4) is 0 Å². The second-order valence-electron chi connectivity index (χ2n) is 10.2. The van der Waals surface area contributed by atoms with E-state index in [0.29, 0.717) is 123 Å². The van der Waals surface area contributed by atoms with Gasteiger partial charge in [-0.3, -0.25) is 39.8 Å². The topological polar surface area (TPSA) is 124 Å². The smallest absolute Gasteiger partial charge is 0.267 e. The van der Waals surface area contributed by atoms with E-state index in [-0.39, 0.29) is 23.6 Å². The number of nitrogens with one attached hydrogen (secondary N) is 2. The Labute approximate surface area is 265 Å². The third-order valence-corrected chi connectivity index (χ3v) is 10.1. The molecule has 0 bridgehead atoms. The van der Waals surface area contributed by atoms with Gasteiger partial charge in [0.25, 0.3) is 11.8 Å². The van der Waals surface area contributed by atoms with Gasteiger partial charge in [0, 0.05) is 52.1 Å². The van der Waals surface area contributed by atoms with Crippen LogP contribution in [0.2, 0.25) is 0 Å². The normalized spacial score (nSPS) is 22.4. The van der Waals surface area contributed by atoms with Crippen LogP contribution in [0.25, 0.3) is 0 Å². The molecule has 0 spiro atoms. The van der Waals surface area contributed by atoms with Crippen LogP contribution in [0.1, 0.15) is 51.4 Å². The maximum Gasteiger partial charge on any atom is 0.267 e. The lowest BCUT2D eigenvalue weighted by molar-refractivity contribution is -0.129. The molecule has 0 radical (unpaired) electrons. The SMILES string of the molecule is O=C(CCCCCN1C(=O)C(=C2SC(=S)N(CCCCCC(=O)NN3CCOCC3)C2=O)SC1=S)NN1CCOCC1. The molecule has 232 valence electrons. The van der Waals surface area contributed by atoms with Gasteiger partial charge >= 0.3 is 0 Å². The van der Waals surface area contributed by atoms with Crippen molar-refractivity contribution in [2.45, 2.75) is 51.4 Å². The van der Waals surface area contributed by atoms with E-state index in [4.69, 9.17) is 33.9 Å². The van der Waals surface area contributed by atoms with E-state index >= 15 is 0 Å². The number of carbonyl (C=O) groups is 4. The third-order valence-electron chi connectivity index (χ3n) is 7.06. The molecule has 4 fully saturated rings. The molecule has 0 unspecified atom stereocenters. The molecule has 42 heavy (non-hydrogen) atoms. The first-order valence-corrected chi connectivity index (χ1v) is 16.8. The molecule has 0 saturated carbocycles. The Morgan fingerprint density at radius 3 is 1.40 bits per heavy atom. The summed E-state index contributed by atoms with van der Waals surface area (Å²) in [6.07, 6.45) is 5.22. The minimum atomic E-state index is -0.262. The van der Waals surface area contributed by atoms with Crippen LogP contribution in [0.5, 0.6) is 0 Å². The van der Waals surface area contributed by atoms with Crippen LogP contribution in [0, 0.1) is 0 Å². The summed E-state index contributed by atoms with van der Waals surface area (Å²) in [5, 5.41) is 3.76. The second-order valence-corrected chi connectivity index (χ2v) is 13.5. The number of hydrogen-bond acceptors (Lipinski definition) is 12. The summed E-state index contributed by atoms with van der Waals surface area (Å²) in [6, 6.07) is 0. The van der Waals surface area contributed by atoms with E-state index in [2.05, 4.69) is 10.9 Å². The van der Waals surface area contributed by atoms with E-state index < -0.39 is 0 Å². The molecule has 0 aromatic rings. The number of nitrogens with zero attached hydrogens (tertiary/aromatic N) is 4. The van der Waals surface area contributed by atoms with Crippen LogP contribution in [-0.2, 0) is 28.7 Å². The summed E-state index contributed by atoms with van der Waals surface area (Å²) in [4.78, 5) is 54.4. The highest BCUT2D eigenvalue weighted by molar-refractivity contribution is 8.29. The number of thiocarbonyl (C=S) groups is 2. The predicted octanol–water partition coefficient (Wildman–Crippen LogP) is 1.77. The Morgan fingerprint density at radius 2 is 1.02 bits per heavy atom. The zero-order chi connectivity index (χ0) is 29.9. The summed E-state index contributed by atoms with van der Waals surface area (Å²) in [5.74, 6) is -0.554. The van der Waals surface area contributed by atoms with Crippen molar-refractivity contribution in [1.29, 1.82) is 0 Å². The number of carbonyl (C=O) groups excluding carboxylic acids is 4. The van der Waals surface area contributed by atoms with Crippen molar-refractivity contribution in [3.05, 3.63) is 9.81 Å². The molecule has 4 aliphatic heterocycles. The number of rotatable bonds is 14. The summed E-state index contributed by atoms with van der Waals surface area (Å²) in [5.41, 5.74) is 5.80. The van der Waals surface area contributed by atoms with Crippen LogP contribution in [-0.4, -0.2) is 118 Å². The standard InChI is InChI=1S/C26H38N6O6S4/c33-19(27-29-11-15-37-16-12-29)7-3-1-5-9-31-23(35)21(41-25(31)39)22-24(36)32(26(40)42-22)10-6-2-4-8-20(34)28-30-13-17-38-18-14-30/h1-18H2,(H,27,33)(H,28,34). The Bertz CT molecular complexity index is 998. The number of unbranched alkanes of at least 4 members (excludes halogenated alkanes) is 4. The maximum atomic E-state index is 13.2. The van der Waals surface area contributed by atoms with Crippen molar-refractivity contribution in [2.75, 3.05) is 65.7 Å². The molecule has 16 heteroatoms. The molecule has 0 aromatic carbocycles. The molecule has 0 aliphatic carbocycles. The van der Waals surface area contributed by atoms with Gasteiger partial charge in [-0.15, -0.1) is 0 Å². The van der Waals surface area contributed by atoms with Crippen LogP contribution in [0.3, 0.4) is 0 Å². The number of amides is 4. The molecule has 0 aromatic heterocycles. The first-order valence-electron chi connectivity index (χ1n) is 14.4. The van der Waals surface area contributed by atoms with Crippen LogP contribution in [0.15, 0.2) is 9.81 Å². The summed E-state index contributed by atoms with van der Waals surface area (Å²) in [7, 11) is 0. The molecule has 2 N–H and O–H groups in total. The fourth-order valence-electron chi connectivity index (χ4n) is 4.74. The lowest BCUT2D eigenvalue weighted by Gasteiger charge is -2.26. The average Bonchev–Trinajstić information content (AvgIpc) is 3.42. The lowest BCUT2D eigenvalue weighted by atomic mass is 10.2. The molecule has 4 amide bonds. The van der Waals surface area contributed by atoms with Crippen molar-refractivity contribution < 1.29 is 28.7 Å². The molecule has 4 rings (SSSR count). The summed E-state index contributed by atoms with van der Waals surface area (Å²) >= 11 is 13.2. The predicted molar refractivity (Wildman–Crippen MR) is 169 cm³/mol. The van der Waals surface area contributed by atoms with Gasteiger partial charge in [-0.1, -0.05) is 60.8 Å². The first-order chi connectivity index (χ1) is 20.3. The molecular formula is C26H38N6O6S4. The quantitative estimate of drug-likeness (QED) is 0.161. The fourth-order valence-corrected chi connectivity index (χ4v) is 7.51. The summed E-state index contributed by atoms with van der Waals surface area (Å²) < 4.78 is 11.4. The highest BCUT2D eigenvalue weighted by Gasteiger charge is 2.41. The van der Waals surface area contributed by atoms with Gasteiger partial charge in [0.15, 0.2) is 0 Å². The van der Waals surface area contributed by atoms with Crippen LogP contribution >= 0.6 is 48.0 Å². The summed E-state index contributed by atoms with van der Waals surface area (Å²) in [6.45, 7) is 6.11. The average molecular weight is 659 g/mol. The molecule has 0 atom stereocenters. The third kappa shape index (κ3) is 9.67. The molecule has 4 heterocycles. The number of hydrogen-bond donors (Lipinski definition) is 2. The number of thioether (sulfide) groups is 2. The first kappa shape index (κ1) is 33.2. The maximum absolute atomic E-state index is 13.2. The zero-order valence-electron chi connectivity index (χ0n) is 23.6. The van der Waals surface area contributed by atoms with Gasteiger partial charge in [-0.2, -0.15) is 0 Å². The van der Waals surface area contributed by atoms with Crippen LogP contribution < -0.4 is 10.9 Å². The minimum Gasteiger partial charge on any atom is -0.379 e. The van der Waals surface area contributed by atoms with E-state index in [9.17, 15) is 19.2 Å². The minimum absolute atomic E-state index is 0.0150. The Kier molecular flexibility index (Phi) is 13.4. The second kappa shape index (κ2) is 17.0. The van der Waals surface area contributed by atoms with Crippen molar-refractivity contribution in [2.24, 2.45) is 0 Å². The lowest BCUT2D eigenvalue weighted by Crippen LogP contribution is -2.48. The van der Waals surface area contributed by atoms with Crippen LogP contribution in [0.4, 0.5) is 0 Å². The number of hydrazine groups is 2. The zero-order valence-corrected chi connectivity index (χ0v) is 26.9. The van der Waals surface area contributed by atoms with Gasteiger partial charge in [0.1, 0.15) is 8.64 Å². The van der Waals surface area contributed by atoms with Gasteiger partial charge < -0.3 is 9.47 Å². The Hall–Kier alpha value is -1.66. The fraction of sp³-hybridized carbons (Fsp3) is 0.692. The largest absolute Gasteiger partial charge is 0.379 e. The van der Waals surface area contributed by atoms with Gasteiger partial charge in [0.2, 0.25) is 11.8 Å². The van der Waals surface area contributed by atoms with Crippen molar-refractivity contribution in [3.63, 3.8) is 0 Å². The number of morpholine rings is 2. The van der Waals surface area contributed by atoms with Gasteiger partial charge in [-0.25, -0.2) is 10.0 Å². The van der Waals surface area contributed by atoms with Crippen molar-refractivity contribution >= 4 is 80.2 Å². The van der Waals surface area contributed by atoms with E-state index in [1.807, 2.05) is 10.0 Å².